The molecule has 1 heterocycles. The molecule has 3 rings (SSSR count). The molecule has 0 aliphatic heterocycles. The lowest BCUT2D eigenvalue weighted by atomic mass is 10.2. The Morgan fingerprint density at radius 1 is 1.19 bits per heavy atom. The number of nitrogens with one attached hydrogen (secondary N) is 2. The number of aromatic nitrogens is 2. The Morgan fingerprint density at radius 2 is 2.00 bits per heavy atom. The summed E-state index contributed by atoms with van der Waals surface area (Å²) in [5.41, 5.74) is 1.94. The van der Waals surface area contributed by atoms with Gasteiger partial charge in [-0.15, -0.1) is 10.2 Å². The van der Waals surface area contributed by atoms with Crippen LogP contribution in [0.5, 0.6) is 0 Å². The standard InChI is InChI=1S/C18H17BrN4OS2/c1-12(16(24)21-15-9-5-8-14(19)10-15)25-18-23-22-17(26-18)20-11-13-6-3-2-4-7-13/h2-10,12H,11H2,1H3,(H,20,22)(H,21,24). The van der Waals surface area contributed by atoms with Gasteiger partial charge in [-0.3, -0.25) is 4.79 Å². The number of rotatable bonds is 7. The zero-order valence-electron chi connectivity index (χ0n) is 14.0. The van der Waals surface area contributed by atoms with Crippen LogP contribution in [0, 0.1) is 0 Å². The van der Waals surface area contributed by atoms with E-state index in [1.54, 1.807) is 0 Å². The number of halogens is 1. The SMILES string of the molecule is CC(Sc1nnc(NCc2ccccc2)s1)C(=O)Nc1cccc(Br)c1. The minimum atomic E-state index is -0.274. The highest BCUT2D eigenvalue weighted by Gasteiger charge is 2.17. The van der Waals surface area contributed by atoms with Gasteiger partial charge in [0.15, 0.2) is 4.34 Å². The number of thioether (sulfide) groups is 1. The molecule has 0 aliphatic carbocycles. The van der Waals surface area contributed by atoms with Crippen molar-refractivity contribution >= 4 is 55.8 Å². The van der Waals surface area contributed by atoms with Gasteiger partial charge in [-0.05, 0) is 30.7 Å². The molecule has 134 valence electrons. The molecule has 2 N–H and O–H groups in total. The third kappa shape index (κ3) is 5.55. The Morgan fingerprint density at radius 3 is 2.77 bits per heavy atom. The molecule has 5 nitrogen and oxygen atoms in total. The van der Waals surface area contributed by atoms with Crippen LogP contribution in [-0.4, -0.2) is 21.4 Å². The first-order valence-electron chi connectivity index (χ1n) is 7.94. The molecule has 8 heteroatoms. The van der Waals surface area contributed by atoms with E-state index in [9.17, 15) is 4.79 Å². The highest BCUT2D eigenvalue weighted by Crippen LogP contribution is 2.29. The lowest BCUT2D eigenvalue weighted by Gasteiger charge is -2.10. The summed E-state index contributed by atoms with van der Waals surface area (Å²) in [7, 11) is 0. The van der Waals surface area contributed by atoms with E-state index in [4.69, 9.17) is 0 Å². The summed E-state index contributed by atoms with van der Waals surface area (Å²) in [4.78, 5) is 12.3. The lowest BCUT2D eigenvalue weighted by Crippen LogP contribution is -2.22. The second-order valence-corrected chi connectivity index (χ2v) is 8.95. The minimum absolute atomic E-state index is 0.0675. The summed E-state index contributed by atoms with van der Waals surface area (Å²) in [6, 6.07) is 17.6. The van der Waals surface area contributed by atoms with Crippen molar-refractivity contribution in [2.75, 3.05) is 10.6 Å². The molecule has 1 unspecified atom stereocenters. The molecule has 3 aromatic rings. The van der Waals surface area contributed by atoms with Gasteiger partial charge in [0.1, 0.15) is 0 Å². The highest BCUT2D eigenvalue weighted by atomic mass is 79.9. The van der Waals surface area contributed by atoms with Crippen LogP contribution in [0.25, 0.3) is 0 Å². The molecule has 0 fully saturated rings. The molecular weight excluding hydrogens is 432 g/mol. The fraction of sp³-hybridized carbons (Fsp3) is 0.167. The zero-order valence-corrected chi connectivity index (χ0v) is 17.2. The average Bonchev–Trinajstić information content (AvgIpc) is 3.08. The Bertz CT molecular complexity index is 872. The Kier molecular flexibility index (Phi) is 6.65. The van der Waals surface area contributed by atoms with Crippen molar-refractivity contribution in [2.24, 2.45) is 0 Å². The third-order valence-corrected chi connectivity index (χ3v) is 5.99. The second kappa shape index (κ2) is 9.16. The van der Waals surface area contributed by atoms with Crippen LogP contribution in [0.2, 0.25) is 0 Å². The van der Waals surface area contributed by atoms with E-state index < -0.39 is 0 Å². The molecular formula is C18H17BrN4OS2. The van der Waals surface area contributed by atoms with Gasteiger partial charge in [-0.25, -0.2) is 0 Å². The van der Waals surface area contributed by atoms with Gasteiger partial charge in [-0.1, -0.05) is 75.4 Å². The fourth-order valence-electron chi connectivity index (χ4n) is 2.12. The van der Waals surface area contributed by atoms with E-state index in [1.807, 2.05) is 49.4 Å². The maximum atomic E-state index is 12.3. The molecule has 0 spiro atoms. The summed E-state index contributed by atoms with van der Waals surface area (Å²) in [6.45, 7) is 2.55. The number of benzene rings is 2. The van der Waals surface area contributed by atoms with Gasteiger partial charge in [0.2, 0.25) is 11.0 Å². The van der Waals surface area contributed by atoms with Crippen LogP contribution < -0.4 is 10.6 Å². The van der Waals surface area contributed by atoms with Gasteiger partial charge in [0, 0.05) is 16.7 Å². The molecule has 0 aliphatic rings. The number of nitrogens with zero attached hydrogens (tertiary/aromatic N) is 2. The highest BCUT2D eigenvalue weighted by molar-refractivity contribution is 9.10. The van der Waals surface area contributed by atoms with E-state index in [0.717, 1.165) is 19.6 Å². The predicted octanol–water partition coefficient (Wildman–Crippen LogP) is 5.03. The van der Waals surface area contributed by atoms with Crippen LogP contribution in [0.1, 0.15) is 12.5 Å². The first-order valence-corrected chi connectivity index (χ1v) is 10.4. The summed E-state index contributed by atoms with van der Waals surface area (Å²) in [6.07, 6.45) is 0. The number of carbonyl (C=O) groups is 1. The topological polar surface area (TPSA) is 66.9 Å². The molecule has 1 amide bonds. The average molecular weight is 449 g/mol. The first-order chi connectivity index (χ1) is 12.6. The van der Waals surface area contributed by atoms with Crippen molar-refractivity contribution in [2.45, 2.75) is 23.1 Å². The molecule has 2 aromatic carbocycles. The van der Waals surface area contributed by atoms with Crippen LogP contribution in [-0.2, 0) is 11.3 Å². The summed E-state index contributed by atoms with van der Waals surface area (Å²) in [5.74, 6) is -0.0675. The third-order valence-electron chi connectivity index (χ3n) is 3.43. The van der Waals surface area contributed by atoms with E-state index in [-0.39, 0.29) is 11.2 Å². The molecule has 26 heavy (non-hydrogen) atoms. The van der Waals surface area contributed by atoms with Crippen molar-refractivity contribution in [1.82, 2.24) is 10.2 Å². The molecule has 1 aromatic heterocycles. The zero-order chi connectivity index (χ0) is 18.4. The van der Waals surface area contributed by atoms with E-state index in [2.05, 4.69) is 48.9 Å². The number of carbonyl (C=O) groups excluding carboxylic acids is 1. The summed E-state index contributed by atoms with van der Waals surface area (Å²) < 4.78 is 1.69. The number of amides is 1. The maximum Gasteiger partial charge on any atom is 0.237 e. The first kappa shape index (κ1) is 18.9. The molecule has 0 bridgehead atoms. The Labute approximate surface area is 168 Å². The predicted molar refractivity (Wildman–Crippen MR) is 112 cm³/mol. The Hall–Kier alpha value is -1.90. The summed E-state index contributed by atoms with van der Waals surface area (Å²) >= 11 is 6.24. The normalized spacial score (nSPS) is 11.8. The van der Waals surface area contributed by atoms with Crippen molar-refractivity contribution in [1.29, 1.82) is 0 Å². The molecule has 0 saturated carbocycles. The number of hydrogen-bond acceptors (Lipinski definition) is 6. The van der Waals surface area contributed by atoms with Gasteiger partial charge in [0.05, 0.1) is 5.25 Å². The van der Waals surface area contributed by atoms with Crippen molar-refractivity contribution in [3.63, 3.8) is 0 Å². The van der Waals surface area contributed by atoms with Gasteiger partial charge < -0.3 is 10.6 Å². The van der Waals surface area contributed by atoms with Gasteiger partial charge in [-0.2, -0.15) is 0 Å². The van der Waals surface area contributed by atoms with Crippen LogP contribution >= 0.6 is 39.0 Å². The quantitative estimate of drug-likeness (QED) is 0.495. The molecule has 0 saturated heterocycles. The van der Waals surface area contributed by atoms with E-state index >= 15 is 0 Å². The largest absolute Gasteiger partial charge is 0.356 e. The van der Waals surface area contributed by atoms with Crippen molar-refractivity contribution in [3.05, 3.63) is 64.6 Å². The van der Waals surface area contributed by atoms with Crippen molar-refractivity contribution in [3.8, 4) is 0 Å². The van der Waals surface area contributed by atoms with Crippen molar-refractivity contribution < 1.29 is 4.79 Å². The Balaban J connectivity index is 1.52. The van der Waals surface area contributed by atoms with Gasteiger partial charge in [0.25, 0.3) is 0 Å². The number of anilines is 2. The van der Waals surface area contributed by atoms with Gasteiger partial charge >= 0.3 is 0 Å². The smallest absolute Gasteiger partial charge is 0.237 e. The van der Waals surface area contributed by atoms with Crippen LogP contribution in [0.15, 0.2) is 63.4 Å². The van der Waals surface area contributed by atoms with E-state index in [0.29, 0.717) is 6.54 Å². The van der Waals surface area contributed by atoms with Crippen LogP contribution in [0.3, 0.4) is 0 Å². The minimum Gasteiger partial charge on any atom is -0.356 e. The summed E-state index contributed by atoms with van der Waals surface area (Å²) in [5, 5.41) is 14.9. The second-order valence-electron chi connectivity index (χ2n) is 5.47. The van der Waals surface area contributed by atoms with E-state index in [1.165, 1.54) is 28.7 Å². The van der Waals surface area contributed by atoms with Crippen LogP contribution in [0.4, 0.5) is 10.8 Å². The molecule has 0 radical (unpaired) electrons. The monoisotopic (exact) mass is 448 g/mol. The lowest BCUT2D eigenvalue weighted by molar-refractivity contribution is -0.115. The molecule has 1 atom stereocenters. The number of hydrogen-bond donors (Lipinski definition) is 2. The fourth-order valence-corrected chi connectivity index (χ4v) is 4.41. The maximum absolute atomic E-state index is 12.3.